The molecule has 0 heterocycles. The molecule has 0 saturated carbocycles. The van der Waals surface area contributed by atoms with Crippen molar-refractivity contribution in [3.8, 4) is 5.75 Å². The Labute approximate surface area is 90.3 Å². The normalized spacial score (nSPS) is 12.5. The first-order valence-corrected chi connectivity index (χ1v) is 5.17. The first-order chi connectivity index (χ1) is 7.15. The number of hydrogen-bond donors (Lipinski definition) is 2. The summed E-state index contributed by atoms with van der Waals surface area (Å²) in [5.74, 6) is 0.707. The molecule has 0 radical (unpaired) electrons. The Kier molecular flexibility index (Phi) is 4.59. The predicted molar refractivity (Wildman–Crippen MR) is 59.0 cm³/mol. The van der Waals surface area contributed by atoms with Crippen LogP contribution in [0.5, 0.6) is 5.75 Å². The van der Waals surface area contributed by atoms with Gasteiger partial charge in [0.1, 0.15) is 5.75 Å². The van der Waals surface area contributed by atoms with E-state index in [0.717, 1.165) is 11.1 Å². The number of aryl methyl sites for hydroxylation is 1. The summed E-state index contributed by atoms with van der Waals surface area (Å²) in [6.07, 6.45) is 0.0717. The van der Waals surface area contributed by atoms with Gasteiger partial charge in [-0.3, -0.25) is 0 Å². The van der Waals surface area contributed by atoms with Crippen molar-refractivity contribution in [1.82, 2.24) is 0 Å². The quantitative estimate of drug-likeness (QED) is 0.729. The van der Waals surface area contributed by atoms with Crippen LogP contribution in [-0.4, -0.2) is 23.4 Å². The molecule has 0 aliphatic carbocycles. The van der Waals surface area contributed by atoms with Gasteiger partial charge in [-0.15, -0.1) is 0 Å². The Hall–Kier alpha value is -1.06. The Balaban J connectivity index is 2.77. The summed E-state index contributed by atoms with van der Waals surface area (Å²) in [6.45, 7) is 4.28. The highest BCUT2D eigenvalue weighted by atomic mass is 16.5. The van der Waals surface area contributed by atoms with Crippen LogP contribution in [0.2, 0.25) is 0 Å². The van der Waals surface area contributed by atoms with Gasteiger partial charge in [0, 0.05) is 18.6 Å². The zero-order valence-electron chi connectivity index (χ0n) is 9.23. The third kappa shape index (κ3) is 3.53. The second kappa shape index (κ2) is 5.73. The minimum Gasteiger partial charge on any atom is -0.493 e. The molecule has 2 N–H and O–H groups in total. The van der Waals surface area contributed by atoms with Gasteiger partial charge >= 0.3 is 0 Å². The number of benzene rings is 1. The molecule has 1 aromatic rings. The van der Waals surface area contributed by atoms with Gasteiger partial charge in [0.15, 0.2) is 0 Å². The Morgan fingerprint density at radius 2 is 2.13 bits per heavy atom. The molecule has 0 aliphatic heterocycles. The van der Waals surface area contributed by atoms with Crippen LogP contribution in [-0.2, 0) is 0 Å². The van der Waals surface area contributed by atoms with Crippen LogP contribution in [0.3, 0.4) is 0 Å². The van der Waals surface area contributed by atoms with Crippen molar-refractivity contribution in [2.75, 3.05) is 13.2 Å². The highest BCUT2D eigenvalue weighted by Gasteiger charge is 2.08. The Bertz CT molecular complexity index is 308. The maximum Gasteiger partial charge on any atom is 0.125 e. The van der Waals surface area contributed by atoms with E-state index in [9.17, 15) is 5.11 Å². The summed E-state index contributed by atoms with van der Waals surface area (Å²) in [4.78, 5) is 0. The first-order valence-electron chi connectivity index (χ1n) is 5.17. The number of aliphatic hydroxyl groups is 2. The van der Waals surface area contributed by atoms with Gasteiger partial charge in [0.05, 0.1) is 12.7 Å². The van der Waals surface area contributed by atoms with Crippen molar-refractivity contribution < 1.29 is 14.9 Å². The summed E-state index contributed by atoms with van der Waals surface area (Å²) in [6, 6.07) is 5.72. The third-order valence-corrected chi connectivity index (χ3v) is 2.18. The molecule has 1 rings (SSSR count). The van der Waals surface area contributed by atoms with Crippen LogP contribution in [0, 0.1) is 6.92 Å². The maximum absolute atomic E-state index is 9.52. The van der Waals surface area contributed by atoms with E-state index in [4.69, 9.17) is 9.84 Å². The van der Waals surface area contributed by atoms with E-state index in [0.29, 0.717) is 18.8 Å². The summed E-state index contributed by atoms with van der Waals surface area (Å²) in [5.41, 5.74) is 1.89. The van der Waals surface area contributed by atoms with Gasteiger partial charge in [-0.05, 0) is 25.5 Å². The second-order valence-corrected chi connectivity index (χ2v) is 3.64. The Morgan fingerprint density at radius 1 is 1.40 bits per heavy atom. The summed E-state index contributed by atoms with van der Waals surface area (Å²) in [7, 11) is 0. The van der Waals surface area contributed by atoms with Crippen molar-refractivity contribution in [1.29, 1.82) is 0 Å². The molecule has 0 bridgehead atoms. The molecule has 15 heavy (non-hydrogen) atoms. The average molecular weight is 210 g/mol. The average Bonchev–Trinajstić information content (AvgIpc) is 2.18. The molecule has 0 aromatic heterocycles. The molecule has 3 nitrogen and oxygen atoms in total. The molecule has 84 valence electrons. The molecule has 0 unspecified atom stereocenters. The zero-order chi connectivity index (χ0) is 11.3. The van der Waals surface area contributed by atoms with Crippen LogP contribution in [0.4, 0.5) is 0 Å². The molecule has 1 aromatic carbocycles. The highest BCUT2D eigenvalue weighted by Crippen LogP contribution is 2.26. The summed E-state index contributed by atoms with van der Waals surface area (Å²) >= 11 is 0. The first kappa shape index (κ1) is 12.0. The number of hydrogen-bond acceptors (Lipinski definition) is 3. The number of ether oxygens (including phenoxy) is 1. The number of aliphatic hydroxyl groups excluding tert-OH is 2. The van der Waals surface area contributed by atoms with E-state index < -0.39 is 6.10 Å². The molecule has 0 spiro atoms. The van der Waals surface area contributed by atoms with Gasteiger partial charge in [-0.2, -0.15) is 0 Å². The molecule has 0 saturated heterocycles. The van der Waals surface area contributed by atoms with Gasteiger partial charge in [-0.25, -0.2) is 0 Å². The van der Waals surface area contributed by atoms with Gasteiger partial charge in [0.2, 0.25) is 0 Å². The lowest BCUT2D eigenvalue weighted by Gasteiger charge is -2.13. The lowest BCUT2D eigenvalue weighted by atomic mass is 10.1. The van der Waals surface area contributed by atoms with Crippen LogP contribution in [0.25, 0.3) is 0 Å². The largest absolute Gasteiger partial charge is 0.493 e. The molecular formula is C12H18O3. The maximum atomic E-state index is 9.52. The summed E-state index contributed by atoms with van der Waals surface area (Å²) in [5, 5.41) is 18.2. The van der Waals surface area contributed by atoms with E-state index in [2.05, 4.69) is 0 Å². The number of rotatable bonds is 5. The van der Waals surface area contributed by atoms with E-state index in [-0.39, 0.29) is 6.61 Å². The minimum atomic E-state index is -0.533. The monoisotopic (exact) mass is 210 g/mol. The van der Waals surface area contributed by atoms with Gasteiger partial charge < -0.3 is 14.9 Å². The standard InChI is InChI=1S/C12H18O3/c1-9-4-5-11(10(2)14)12(8-9)15-7-3-6-13/h4-5,8,10,13-14H,3,6-7H2,1-2H3/t10-/m1/s1. The van der Waals surface area contributed by atoms with Crippen molar-refractivity contribution in [2.24, 2.45) is 0 Å². The Morgan fingerprint density at radius 3 is 2.73 bits per heavy atom. The predicted octanol–water partition coefficient (Wildman–Crippen LogP) is 1.81. The smallest absolute Gasteiger partial charge is 0.125 e. The lowest BCUT2D eigenvalue weighted by Crippen LogP contribution is -2.04. The van der Waals surface area contributed by atoms with Crippen LogP contribution in [0.15, 0.2) is 18.2 Å². The molecule has 3 heteroatoms. The molecular weight excluding hydrogens is 192 g/mol. The van der Waals surface area contributed by atoms with Crippen LogP contribution in [0.1, 0.15) is 30.6 Å². The lowest BCUT2D eigenvalue weighted by molar-refractivity contribution is 0.187. The SMILES string of the molecule is Cc1ccc([C@@H](C)O)c(OCCCO)c1. The molecule has 0 amide bonds. The van der Waals surface area contributed by atoms with Crippen molar-refractivity contribution in [3.63, 3.8) is 0 Å². The fourth-order valence-corrected chi connectivity index (χ4v) is 1.36. The summed E-state index contributed by atoms with van der Waals surface area (Å²) < 4.78 is 5.50. The van der Waals surface area contributed by atoms with E-state index >= 15 is 0 Å². The topological polar surface area (TPSA) is 49.7 Å². The zero-order valence-corrected chi connectivity index (χ0v) is 9.23. The van der Waals surface area contributed by atoms with Crippen molar-refractivity contribution in [2.45, 2.75) is 26.4 Å². The molecule has 1 atom stereocenters. The van der Waals surface area contributed by atoms with Crippen molar-refractivity contribution in [3.05, 3.63) is 29.3 Å². The molecule has 0 aliphatic rings. The minimum absolute atomic E-state index is 0.121. The van der Waals surface area contributed by atoms with Crippen LogP contribution < -0.4 is 4.74 Å². The third-order valence-electron chi connectivity index (χ3n) is 2.18. The fourth-order valence-electron chi connectivity index (χ4n) is 1.36. The van der Waals surface area contributed by atoms with Crippen LogP contribution >= 0.6 is 0 Å². The second-order valence-electron chi connectivity index (χ2n) is 3.64. The van der Waals surface area contributed by atoms with Gasteiger partial charge in [0.25, 0.3) is 0 Å². The van der Waals surface area contributed by atoms with Crippen molar-refractivity contribution >= 4 is 0 Å². The highest BCUT2D eigenvalue weighted by molar-refractivity contribution is 5.38. The van der Waals surface area contributed by atoms with Gasteiger partial charge in [-0.1, -0.05) is 12.1 Å². The van der Waals surface area contributed by atoms with E-state index in [1.807, 2.05) is 25.1 Å². The van der Waals surface area contributed by atoms with E-state index in [1.54, 1.807) is 6.92 Å². The molecule has 0 fully saturated rings. The fraction of sp³-hybridized carbons (Fsp3) is 0.500. The van der Waals surface area contributed by atoms with E-state index in [1.165, 1.54) is 0 Å².